The first-order valence-corrected chi connectivity index (χ1v) is 5.14. The van der Waals surface area contributed by atoms with E-state index in [1.807, 2.05) is 25.1 Å². The number of carboxylic acids is 1. The van der Waals surface area contributed by atoms with Crippen LogP contribution < -0.4 is 0 Å². The zero-order chi connectivity index (χ0) is 11.7. The summed E-state index contributed by atoms with van der Waals surface area (Å²) in [6.07, 6.45) is 0.310. The van der Waals surface area contributed by atoms with E-state index in [1.165, 1.54) is 4.90 Å². The summed E-state index contributed by atoms with van der Waals surface area (Å²) in [5, 5.41) is 8.68. The molecule has 1 aromatic rings. The van der Waals surface area contributed by atoms with Crippen LogP contribution in [-0.4, -0.2) is 28.4 Å². The SMILES string of the molecule is Cc1ccc2c(c1)CC(=O)N(CC(=O)O)C2. The Morgan fingerprint density at radius 2 is 2.19 bits per heavy atom. The van der Waals surface area contributed by atoms with Crippen molar-refractivity contribution in [2.75, 3.05) is 6.54 Å². The van der Waals surface area contributed by atoms with E-state index in [4.69, 9.17) is 5.11 Å². The summed E-state index contributed by atoms with van der Waals surface area (Å²) in [6.45, 7) is 2.17. The first kappa shape index (κ1) is 10.7. The molecule has 0 fully saturated rings. The van der Waals surface area contributed by atoms with Gasteiger partial charge in [-0.2, -0.15) is 0 Å². The molecule has 1 aliphatic heterocycles. The van der Waals surface area contributed by atoms with Crippen LogP contribution in [0.1, 0.15) is 16.7 Å². The molecular formula is C12H13NO3. The van der Waals surface area contributed by atoms with Crippen molar-refractivity contribution < 1.29 is 14.7 Å². The lowest BCUT2D eigenvalue weighted by Crippen LogP contribution is -2.39. The van der Waals surface area contributed by atoms with Crippen molar-refractivity contribution in [3.8, 4) is 0 Å². The molecule has 0 aromatic heterocycles. The number of aliphatic carboxylic acids is 1. The van der Waals surface area contributed by atoms with Crippen molar-refractivity contribution in [3.05, 3.63) is 34.9 Å². The molecule has 84 valence electrons. The number of hydrogen-bond acceptors (Lipinski definition) is 2. The molecule has 0 bridgehead atoms. The van der Waals surface area contributed by atoms with E-state index in [-0.39, 0.29) is 12.5 Å². The molecule has 0 unspecified atom stereocenters. The zero-order valence-electron chi connectivity index (χ0n) is 9.06. The number of nitrogens with zero attached hydrogens (tertiary/aromatic N) is 1. The van der Waals surface area contributed by atoms with E-state index < -0.39 is 5.97 Å². The van der Waals surface area contributed by atoms with Gasteiger partial charge in [0.2, 0.25) is 5.91 Å². The average Bonchev–Trinajstić information content (AvgIpc) is 2.19. The third-order valence-electron chi connectivity index (χ3n) is 2.74. The molecule has 0 saturated carbocycles. The van der Waals surface area contributed by atoms with Crippen LogP contribution in [0, 0.1) is 6.92 Å². The van der Waals surface area contributed by atoms with Crippen LogP contribution in [0.3, 0.4) is 0 Å². The fraction of sp³-hybridized carbons (Fsp3) is 0.333. The Kier molecular flexibility index (Phi) is 2.64. The summed E-state index contributed by atoms with van der Waals surface area (Å²) in [7, 11) is 0. The molecule has 0 radical (unpaired) electrons. The second-order valence-electron chi connectivity index (χ2n) is 4.09. The predicted molar refractivity (Wildman–Crippen MR) is 57.9 cm³/mol. The van der Waals surface area contributed by atoms with Crippen LogP contribution in [-0.2, 0) is 22.6 Å². The van der Waals surface area contributed by atoms with E-state index in [1.54, 1.807) is 0 Å². The Hall–Kier alpha value is -1.84. The van der Waals surface area contributed by atoms with E-state index in [9.17, 15) is 9.59 Å². The molecule has 4 nitrogen and oxygen atoms in total. The summed E-state index contributed by atoms with van der Waals surface area (Å²) in [6, 6.07) is 5.94. The number of benzene rings is 1. The highest BCUT2D eigenvalue weighted by atomic mass is 16.4. The third kappa shape index (κ3) is 2.05. The molecule has 1 amide bonds. The van der Waals surface area contributed by atoms with Crippen molar-refractivity contribution in [2.24, 2.45) is 0 Å². The lowest BCUT2D eigenvalue weighted by Gasteiger charge is -2.27. The molecule has 1 aromatic carbocycles. The van der Waals surface area contributed by atoms with Gasteiger partial charge in [-0.1, -0.05) is 23.8 Å². The topological polar surface area (TPSA) is 57.6 Å². The number of rotatable bonds is 2. The second-order valence-corrected chi connectivity index (χ2v) is 4.09. The van der Waals surface area contributed by atoms with Gasteiger partial charge >= 0.3 is 5.97 Å². The summed E-state index contributed by atoms with van der Waals surface area (Å²) in [4.78, 5) is 23.6. The maximum absolute atomic E-state index is 11.7. The Morgan fingerprint density at radius 1 is 1.44 bits per heavy atom. The van der Waals surface area contributed by atoms with Gasteiger partial charge in [-0.3, -0.25) is 9.59 Å². The van der Waals surface area contributed by atoms with Gasteiger partial charge in [0.1, 0.15) is 6.54 Å². The Labute approximate surface area is 93.5 Å². The molecule has 1 heterocycles. The summed E-state index contributed by atoms with van der Waals surface area (Å²) in [5.74, 6) is -1.08. The van der Waals surface area contributed by atoms with Crippen molar-refractivity contribution in [2.45, 2.75) is 19.9 Å². The smallest absolute Gasteiger partial charge is 0.323 e. The fourth-order valence-electron chi connectivity index (χ4n) is 1.95. The van der Waals surface area contributed by atoms with E-state index in [0.717, 1.165) is 16.7 Å². The lowest BCUT2D eigenvalue weighted by molar-refractivity contribution is -0.145. The standard InChI is InChI=1S/C12H13NO3/c1-8-2-3-9-6-13(7-12(15)16)11(14)5-10(9)4-8/h2-4H,5-7H2,1H3,(H,15,16). The summed E-state index contributed by atoms with van der Waals surface area (Å²) in [5.41, 5.74) is 3.19. The van der Waals surface area contributed by atoms with Crippen molar-refractivity contribution in [3.63, 3.8) is 0 Å². The highest BCUT2D eigenvalue weighted by Crippen LogP contribution is 2.20. The van der Waals surface area contributed by atoms with Gasteiger partial charge in [0.15, 0.2) is 0 Å². The molecule has 1 N–H and O–H groups in total. The molecule has 4 heteroatoms. The van der Waals surface area contributed by atoms with Crippen molar-refractivity contribution >= 4 is 11.9 Å². The van der Waals surface area contributed by atoms with Gasteiger partial charge < -0.3 is 10.0 Å². The maximum Gasteiger partial charge on any atom is 0.323 e. The van der Waals surface area contributed by atoms with Gasteiger partial charge in [-0.25, -0.2) is 0 Å². The van der Waals surface area contributed by atoms with E-state index in [0.29, 0.717) is 13.0 Å². The largest absolute Gasteiger partial charge is 0.480 e. The minimum Gasteiger partial charge on any atom is -0.480 e. The molecule has 0 atom stereocenters. The quantitative estimate of drug-likeness (QED) is 0.806. The lowest BCUT2D eigenvalue weighted by atomic mass is 9.97. The zero-order valence-corrected chi connectivity index (χ0v) is 9.06. The maximum atomic E-state index is 11.7. The number of carbonyl (C=O) groups is 2. The molecule has 1 aliphatic rings. The Morgan fingerprint density at radius 3 is 2.88 bits per heavy atom. The van der Waals surface area contributed by atoms with Gasteiger partial charge in [0.25, 0.3) is 0 Å². The summed E-state index contributed by atoms with van der Waals surface area (Å²) < 4.78 is 0. The third-order valence-corrected chi connectivity index (χ3v) is 2.74. The van der Waals surface area contributed by atoms with E-state index in [2.05, 4.69) is 0 Å². The molecular weight excluding hydrogens is 206 g/mol. The number of carbonyl (C=O) groups excluding carboxylic acids is 1. The van der Waals surface area contributed by atoms with Gasteiger partial charge in [-0.15, -0.1) is 0 Å². The van der Waals surface area contributed by atoms with Gasteiger partial charge in [-0.05, 0) is 18.1 Å². The first-order chi connectivity index (χ1) is 7.56. The number of hydrogen-bond donors (Lipinski definition) is 1. The highest BCUT2D eigenvalue weighted by molar-refractivity contribution is 5.84. The average molecular weight is 219 g/mol. The molecule has 0 saturated heterocycles. The predicted octanol–water partition coefficient (Wildman–Crippen LogP) is 0.964. The molecule has 2 rings (SSSR count). The minimum absolute atomic E-state index is 0.111. The van der Waals surface area contributed by atoms with Crippen LogP contribution in [0.2, 0.25) is 0 Å². The second kappa shape index (κ2) is 3.96. The van der Waals surface area contributed by atoms with Gasteiger partial charge in [0, 0.05) is 6.54 Å². The molecule has 0 aliphatic carbocycles. The number of aryl methyl sites for hydroxylation is 1. The number of carboxylic acid groups (broad SMARTS) is 1. The Bertz CT molecular complexity index is 454. The Balaban J connectivity index is 2.25. The van der Waals surface area contributed by atoms with Crippen molar-refractivity contribution in [1.82, 2.24) is 4.90 Å². The van der Waals surface area contributed by atoms with Crippen molar-refractivity contribution in [1.29, 1.82) is 0 Å². The first-order valence-electron chi connectivity index (χ1n) is 5.14. The van der Waals surface area contributed by atoms with Crippen LogP contribution in [0.5, 0.6) is 0 Å². The number of amides is 1. The minimum atomic E-state index is -0.969. The number of fused-ring (bicyclic) bond motifs is 1. The van der Waals surface area contributed by atoms with Crippen LogP contribution >= 0.6 is 0 Å². The van der Waals surface area contributed by atoms with Crippen LogP contribution in [0.4, 0.5) is 0 Å². The summed E-state index contributed by atoms with van der Waals surface area (Å²) >= 11 is 0. The fourth-order valence-corrected chi connectivity index (χ4v) is 1.95. The van der Waals surface area contributed by atoms with E-state index >= 15 is 0 Å². The molecule has 0 spiro atoms. The van der Waals surface area contributed by atoms with Crippen LogP contribution in [0.15, 0.2) is 18.2 Å². The monoisotopic (exact) mass is 219 g/mol. The highest BCUT2D eigenvalue weighted by Gasteiger charge is 2.24. The van der Waals surface area contributed by atoms with Gasteiger partial charge in [0.05, 0.1) is 6.42 Å². The normalized spacial score (nSPS) is 14.8. The van der Waals surface area contributed by atoms with Crippen LogP contribution in [0.25, 0.3) is 0 Å². The molecule has 16 heavy (non-hydrogen) atoms.